The number of thioether (sulfide) groups is 1. The van der Waals surface area contributed by atoms with Crippen LogP contribution in [-0.2, 0) is 4.79 Å². The third kappa shape index (κ3) is 4.88. The summed E-state index contributed by atoms with van der Waals surface area (Å²) in [5.41, 5.74) is 1.28. The lowest BCUT2D eigenvalue weighted by Gasteiger charge is -2.22. The lowest BCUT2D eigenvalue weighted by Crippen LogP contribution is -2.47. The molecular formula is C15H22N2OS. The lowest BCUT2D eigenvalue weighted by atomic mass is 10.0. The normalized spacial score (nSPS) is 19.1. The molecule has 1 amide bonds. The molecule has 19 heavy (non-hydrogen) atoms. The van der Waals surface area contributed by atoms with Crippen LogP contribution in [0.25, 0.3) is 0 Å². The molecular weight excluding hydrogens is 256 g/mol. The molecule has 1 aliphatic heterocycles. The van der Waals surface area contributed by atoms with Gasteiger partial charge in [-0.2, -0.15) is 0 Å². The van der Waals surface area contributed by atoms with Gasteiger partial charge in [-0.3, -0.25) is 4.79 Å². The lowest BCUT2D eigenvalue weighted by molar-refractivity contribution is -0.123. The van der Waals surface area contributed by atoms with Crippen LogP contribution in [0.5, 0.6) is 0 Å². The van der Waals surface area contributed by atoms with Crippen LogP contribution in [0.2, 0.25) is 0 Å². The van der Waals surface area contributed by atoms with E-state index in [1.807, 2.05) is 0 Å². The zero-order chi connectivity index (χ0) is 13.5. The number of carbonyl (C=O) groups is 1. The third-order valence-electron chi connectivity index (χ3n) is 3.32. The van der Waals surface area contributed by atoms with Crippen molar-refractivity contribution in [2.75, 3.05) is 18.8 Å². The van der Waals surface area contributed by atoms with Gasteiger partial charge >= 0.3 is 0 Å². The zero-order valence-corrected chi connectivity index (χ0v) is 12.3. The summed E-state index contributed by atoms with van der Waals surface area (Å²) in [6.45, 7) is 3.79. The van der Waals surface area contributed by atoms with Crippen LogP contribution in [0.1, 0.15) is 24.8 Å². The monoisotopic (exact) mass is 278 g/mol. The van der Waals surface area contributed by atoms with Crippen LogP contribution in [0.4, 0.5) is 0 Å². The first-order valence-corrected chi connectivity index (χ1v) is 7.95. The second kappa shape index (κ2) is 7.56. The Morgan fingerprint density at radius 3 is 2.84 bits per heavy atom. The zero-order valence-electron chi connectivity index (χ0n) is 11.4. The van der Waals surface area contributed by atoms with Crippen molar-refractivity contribution >= 4 is 17.7 Å². The molecule has 2 N–H and O–H groups in total. The Hall–Kier alpha value is -1.00. The summed E-state index contributed by atoms with van der Waals surface area (Å²) in [7, 11) is 0. The second-order valence-electron chi connectivity index (χ2n) is 4.96. The number of benzene rings is 1. The maximum absolute atomic E-state index is 11.9. The van der Waals surface area contributed by atoms with Gasteiger partial charge in [0.05, 0.1) is 6.04 Å². The maximum Gasteiger partial charge on any atom is 0.237 e. The smallest absolute Gasteiger partial charge is 0.237 e. The largest absolute Gasteiger partial charge is 0.354 e. The summed E-state index contributed by atoms with van der Waals surface area (Å²) >= 11 is 1.78. The summed E-state index contributed by atoms with van der Waals surface area (Å²) in [4.78, 5) is 13.1. The number of rotatable bonds is 5. The summed E-state index contributed by atoms with van der Waals surface area (Å²) < 4.78 is 0. The minimum atomic E-state index is 0.0260. The van der Waals surface area contributed by atoms with Crippen molar-refractivity contribution < 1.29 is 4.79 Å². The van der Waals surface area contributed by atoms with E-state index >= 15 is 0 Å². The number of amides is 1. The molecule has 2 rings (SSSR count). The Bertz CT molecular complexity index is 399. The molecule has 3 nitrogen and oxygen atoms in total. The van der Waals surface area contributed by atoms with Crippen molar-refractivity contribution in [3.63, 3.8) is 0 Å². The molecule has 1 aromatic rings. The van der Waals surface area contributed by atoms with Crippen LogP contribution in [0.3, 0.4) is 0 Å². The first-order valence-electron chi connectivity index (χ1n) is 6.96. The van der Waals surface area contributed by atoms with Gasteiger partial charge in [-0.25, -0.2) is 0 Å². The minimum Gasteiger partial charge on any atom is -0.354 e. The average Bonchev–Trinajstić information content (AvgIpc) is 2.46. The van der Waals surface area contributed by atoms with Crippen molar-refractivity contribution in [1.29, 1.82) is 0 Å². The Kier molecular flexibility index (Phi) is 5.73. The van der Waals surface area contributed by atoms with Crippen LogP contribution in [0.15, 0.2) is 29.2 Å². The molecule has 104 valence electrons. The molecule has 1 aromatic carbocycles. The summed E-state index contributed by atoms with van der Waals surface area (Å²) in [5.74, 6) is 1.07. The number of hydrogen-bond donors (Lipinski definition) is 2. The van der Waals surface area contributed by atoms with Gasteiger partial charge in [0.2, 0.25) is 5.91 Å². The SMILES string of the molecule is Cc1ccc(SCCNC(=O)C2CCCCN2)cc1. The van der Waals surface area contributed by atoms with Crippen molar-refractivity contribution in [1.82, 2.24) is 10.6 Å². The number of hydrogen-bond acceptors (Lipinski definition) is 3. The van der Waals surface area contributed by atoms with Gasteiger partial charge in [-0.05, 0) is 38.4 Å². The predicted octanol–water partition coefficient (Wildman–Crippen LogP) is 2.35. The Balaban J connectivity index is 1.63. The second-order valence-corrected chi connectivity index (χ2v) is 6.12. The molecule has 0 aromatic heterocycles. The predicted molar refractivity (Wildman–Crippen MR) is 80.6 cm³/mol. The van der Waals surface area contributed by atoms with Gasteiger partial charge in [0.15, 0.2) is 0 Å². The van der Waals surface area contributed by atoms with Crippen molar-refractivity contribution in [3.05, 3.63) is 29.8 Å². The van der Waals surface area contributed by atoms with E-state index in [4.69, 9.17) is 0 Å². The van der Waals surface area contributed by atoms with E-state index in [0.29, 0.717) is 0 Å². The summed E-state index contributed by atoms with van der Waals surface area (Å²) in [6.07, 6.45) is 3.31. The maximum atomic E-state index is 11.9. The molecule has 1 aliphatic rings. The van der Waals surface area contributed by atoms with Gasteiger partial charge in [-0.1, -0.05) is 24.1 Å². The minimum absolute atomic E-state index is 0.0260. The molecule has 1 fully saturated rings. The van der Waals surface area contributed by atoms with Crippen molar-refractivity contribution in [2.45, 2.75) is 37.1 Å². The van der Waals surface area contributed by atoms with Crippen LogP contribution < -0.4 is 10.6 Å². The molecule has 1 saturated heterocycles. The average molecular weight is 278 g/mol. The van der Waals surface area contributed by atoms with E-state index in [1.54, 1.807) is 11.8 Å². The molecule has 0 bridgehead atoms. The number of nitrogens with one attached hydrogen (secondary N) is 2. The first-order chi connectivity index (χ1) is 9.25. The Morgan fingerprint density at radius 2 is 2.16 bits per heavy atom. The molecule has 1 atom stereocenters. The van der Waals surface area contributed by atoms with Crippen LogP contribution in [0, 0.1) is 6.92 Å². The van der Waals surface area contributed by atoms with E-state index in [1.165, 1.54) is 16.9 Å². The van der Waals surface area contributed by atoms with E-state index in [0.717, 1.165) is 31.7 Å². The van der Waals surface area contributed by atoms with Crippen molar-refractivity contribution in [2.24, 2.45) is 0 Å². The van der Waals surface area contributed by atoms with Gasteiger partial charge in [0.1, 0.15) is 0 Å². The number of piperidine rings is 1. The highest BCUT2D eigenvalue weighted by Crippen LogP contribution is 2.17. The Morgan fingerprint density at radius 1 is 1.37 bits per heavy atom. The van der Waals surface area contributed by atoms with E-state index in [-0.39, 0.29) is 11.9 Å². The number of aryl methyl sites for hydroxylation is 1. The summed E-state index contributed by atoms with van der Waals surface area (Å²) in [6, 6.07) is 8.52. The fourth-order valence-electron chi connectivity index (χ4n) is 2.18. The molecule has 1 heterocycles. The molecule has 1 unspecified atom stereocenters. The van der Waals surface area contributed by atoms with E-state index in [9.17, 15) is 4.79 Å². The molecule has 0 aliphatic carbocycles. The van der Waals surface area contributed by atoms with Gasteiger partial charge in [-0.15, -0.1) is 11.8 Å². The number of carbonyl (C=O) groups excluding carboxylic acids is 1. The van der Waals surface area contributed by atoms with Crippen LogP contribution in [-0.4, -0.2) is 30.8 Å². The molecule has 0 saturated carbocycles. The fourth-order valence-corrected chi connectivity index (χ4v) is 2.94. The summed E-state index contributed by atoms with van der Waals surface area (Å²) in [5, 5.41) is 6.28. The highest BCUT2D eigenvalue weighted by molar-refractivity contribution is 7.99. The molecule has 0 spiro atoms. The fraction of sp³-hybridized carbons (Fsp3) is 0.533. The van der Waals surface area contributed by atoms with Crippen molar-refractivity contribution in [3.8, 4) is 0 Å². The highest BCUT2D eigenvalue weighted by atomic mass is 32.2. The quantitative estimate of drug-likeness (QED) is 0.641. The highest BCUT2D eigenvalue weighted by Gasteiger charge is 2.19. The Labute approximate surface area is 119 Å². The topological polar surface area (TPSA) is 41.1 Å². The third-order valence-corrected chi connectivity index (χ3v) is 4.33. The molecule has 0 radical (unpaired) electrons. The van der Waals surface area contributed by atoms with Crippen LogP contribution >= 0.6 is 11.8 Å². The van der Waals surface area contributed by atoms with Gasteiger partial charge < -0.3 is 10.6 Å². The van der Waals surface area contributed by atoms with Gasteiger partial charge in [0.25, 0.3) is 0 Å². The van der Waals surface area contributed by atoms with E-state index < -0.39 is 0 Å². The standard InChI is InChI=1S/C15H22N2OS/c1-12-5-7-13(8-6-12)19-11-10-17-15(18)14-4-2-3-9-16-14/h5-8,14,16H,2-4,9-11H2,1H3,(H,17,18). The molecule has 4 heteroatoms. The van der Waals surface area contributed by atoms with E-state index in [2.05, 4.69) is 41.8 Å². The first kappa shape index (κ1) is 14.4. The van der Waals surface area contributed by atoms with Gasteiger partial charge in [0, 0.05) is 17.2 Å².